The first-order chi connectivity index (χ1) is 5.80. The van der Waals surface area contributed by atoms with Crippen LogP contribution in [0.1, 0.15) is 0 Å². The van der Waals surface area contributed by atoms with E-state index in [9.17, 15) is 0 Å². The molecule has 0 aliphatic rings. The fraction of sp³-hybridized carbons (Fsp3) is 0. The van der Waals surface area contributed by atoms with Crippen LogP contribution in [0.15, 0.2) is 57.5 Å². The quantitative estimate of drug-likeness (QED) is 0.598. The molecule has 0 saturated heterocycles. The van der Waals surface area contributed by atoms with Crippen LogP contribution < -0.4 is 0 Å². The van der Waals surface area contributed by atoms with Gasteiger partial charge in [0.1, 0.15) is 0 Å². The van der Waals surface area contributed by atoms with Crippen LogP contribution in [0.25, 0.3) is 0 Å². The van der Waals surface area contributed by atoms with Gasteiger partial charge in [0.2, 0.25) is 0 Å². The normalized spacial score (nSPS) is 8.15. The molecule has 3 heteroatoms. The summed E-state index contributed by atoms with van der Waals surface area (Å²) in [5.41, 5.74) is 0. The zero-order valence-electron chi connectivity index (χ0n) is 6.87. The summed E-state index contributed by atoms with van der Waals surface area (Å²) in [6, 6.07) is 16.0. The van der Waals surface area contributed by atoms with Crippen molar-refractivity contribution in [2.24, 2.45) is 0 Å². The molecule has 0 fully saturated rings. The molecule has 0 aliphatic heterocycles. The van der Waals surface area contributed by atoms with Gasteiger partial charge in [-0.3, -0.25) is 0 Å². The molecule has 0 N–H and O–H groups in total. The van der Waals surface area contributed by atoms with Gasteiger partial charge in [0.25, 0.3) is 0 Å². The third kappa shape index (κ3) is 5.77. The van der Waals surface area contributed by atoms with Crippen molar-refractivity contribution >= 4 is 31.9 Å². The van der Waals surface area contributed by atoms with Gasteiger partial charge in [-0.25, -0.2) is 6.07 Å². The molecule has 0 amide bonds. The van der Waals surface area contributed by atoms with E-state index in [1.165, 1.54) is 0 Å². The number of halogens is 2. The molecule has 0 spiro atoms. The Bertz CT molecular complexity index is 265. The Kier molecular flexibility index (Phi) is 8.23. The third-order valence-electron chi connectivity index (χ3n) is 1.27. The van der Waals surface area contributed by atoms with Crippen molar-refractivity contribution in [2.75, 3.05) is 0 Å². The summed E-state index contributed by atoms with van der Waals surface area (Å²) in [5.74, 6) is 0. The van der Waals surface area contributed by atoms with E-state index in [1.807, 2.05) is 48.5 Å². The maximum absolute atomic E-state index is 3.32. The van der Waals surface area contributed by atoms with Crippen molar-refractivity contribution in [2.45, 2.75) is 0 Å². The minimum absolute atomic E-state index is 0. The second-order valence-corrected chi connectivity index (χ2v) is 3.89. The predicted octanol–water partition coefficient (Wildman–Crippen LogP) is 4.33. The molecule has 0 atom stereocenters. The third-order valence-corrected chi connectivity index (χ3v) is 3.18. The van der Waals surface area contributed by atoms with Gasteiger partial charge in [0, 0.05) is 26.2 Å². The monoisotopic (exact) mass is 376 g/mol. The summed E-state index contributed by atoms with van der Waals surface area (Å²) in [4.78, 5) is 0. The molecule has 2 rings (SSSR count). The molecule has 0 bridgehead atoms. The maximum Gasteiger partial charge on any atom is 0 e. The first-order valence-corrected chi connectivity index (χ1v) is 5.12. The van der Waals surface area contributed by atoms with Crippen LogP contribution in [0.5, 0.6) is 0 Å². The van der Waals surface area contributed by atoms with E-state index in [0.717, 1.165) is 8.95 Å². The van der Waals surface area contributed by atoms with Crippen molar-refractivity contribution in [3.63, 3.8) is 0 Å². The molecule has 0 saturated carbocycles. The fourth-order valence-electron chi connectivity index (χ4n) is 0.697. The van der Waals surface area contributed by atoms with Gasteiger partial charge < -0.3 is 30.3 Å². The molecule has 0 nitrogen and oxygen atoms in total. The number of rotatable bonds is 0. The molecule has 72 valence electrons. The summed E-state index contributed by atoms with van der Waals surface area (Å²) in [7, 11) is 0. The Morgan fingerprint density at radius 3 is 1.69 bits per heavy atom. The van der Waals surface area contributed by atoms with Crippen LogP contribution in [-0.4, -0.2) is 0 Å². The van der Waals surface area contributed by atoms with Crippen LogP contribution >= 0.6 is 31.9 Å². The smallest absolute Gasteiger partial charge is 0 e. The molecule has 0 unspecified atom stereocenters. The van der Waals surface area contributed by atoms with Gasteiger partial charge in [-0.15, -0.1) is 15.9 Å². The molecule has 0 radical (unpaired) electrons. The zero-order chi connectivity index (χ0) is 8.81. The SMILES string of the molecule is Brc1ccc[c-]1Br.[Zr].[cH-]1[cH-][cH-][cH-][cH-]1. The largest absolute Gasteiger partial charge is 0.748 e. The van der Waals surface area contributed by atoms with E-state index in [-0.39, 0.29) is 26.2 Å². The van der Waals surface area contributed by atoms with Gasteiger partial charge in [-0.1, -0.05) is 24.9 Å². The Morgan fingerprint density at radius 1 is 1.08 bits per heavy atom. The minimum Gasteiger partial charge on any atom is -0.748 e. The fourth-order valence-corrected chi connectivity index (χ4v) is 1.27. The van der Waals surface area contributed by atoms with Crippen molar-refractivity contribution < 1.29 is 26.2 Å². The van der Waals surface area contributed by atoms with Gasteiger partial charge in [0.05, 0.1) is 0 Å². The van der Waals surface area contributed by atoms with Crippen LogP contribution in [0, 0.1) is 0 Å². The summed E-state index contributed by atoms with van der Waals surface area (Å²) in [6.07, 6.45) is 0. The molecule has 0 aliphatic carbocycles. The van der Waals surface area contributed by atoms with Crippen LogP contribution in [0.2, 0.25) is 0 Å². The molecule has 2 aromatic carbocycles. The zero-order valence-corrected chi connectivity index (χ0v) is 12.5. The molecule has 0 heterocycles. The Morgan fingerprint density at radius 2 is 1.54 bits per heavy atom. The van der Waals surface area contributed by atoms with Crippen LogP contribution in [-0.2, 0) is 26.2 Å². The van der Waals surface area contributed by atoms with E-state index >= 15 is 0 Å². The van der Waals surface area contributed by atoms with E-state index in [4.69, 9.17) is 0 Å². The van der Waals surface area contributed by atoms with Gasteiger partial charge in [0.15, 0.2) is 0 Å². The van der Waals surface area contributed by atoms with Gasteiger partial charge in [-0.05, 0) is 0 Å². The van der Waals surface area contributed by atoms with Crippen molar-refractivity contribution in [1.82, 2.24) is 0 Å². The van der Waals surface area contributed by atoms with E-state index in [1.54, 1.807) is 0 Å². The summed E-state index contributed by atoms with van der Waals surface area (Å²) < 4.78 is 2.24. The molecule has 0 aromatic heterocycles. The summed E-state index contributed by atoms with van der Waals surface area (Å²) >= 11 is 6.64. The Labute approximate surface area is 114 Å². The molecular formula is C10H8Br2Zr-6. The predicted molar refractivity (Wildman–Crippen MR) is 59.5 cm³/mol. The molecule has 13 heavy (non-hydrogen) atoms. The summed E-state index contributed by atoms with van der Waals surface area (Å²) in [5, 5.41) is 0. The van der Waals surface area contributed by atoms with Crippen LogP contribution in [0.4, 0.5) is 0 Å². The number of hydrogen-bond acceptors (Lipinski definition) is 0. The Hall–Kier alpha value is 0.543. The molecular weight excluding hydrogens is 371 g/mol. The van der Waals surface area contributed by atoms with Crippen LogP contribution in [0.3, 0.4) is 0 Å². The van der Waals surface area contributed by atoms with E-state index in [2.05, 4.69) is 31.9 Å². The van der Waals surface area contributed by atoms with Gasteiger partial charge >= 0.3 is 0 Å². The maximum atomic E-state index is 3.32. The van der Waals surface area contributed by atoms with E-state index in [0.29, 0.717) is 0 Å². The second-order valence-electron chi connectivity index (χ2n) is 2.18. The second kappa shape index (κ2) is 7.90. The molecule has 2 aromatic rings. The first kappa shape index (κ1) is 13.5. The topological polar surface area (TPSA) is 0 Å². The Balaban J connectivity index is 0.000000215. The minimum atomic E-state index is 0. The average molecular weight is 379 g/mol. The van der Waals surface area contributed by atoms with E-state index < -0.39 is 0 Å². The summed E-state index contributed by atoms with van der Waals surface area (Å²) in [6.45, 7) is 0. The van der Waals surface area contributed by atoms with Crippen molar-refractivity contribution in [1.29, 1.82) is 0 Å². The average Bonchev–Trinajstić information content (AvgIpc) is 2.67. The standard InChI is InChI=1S/C5H3Br2.C5H5.Zr/c6-4-2-1-3-5(4)7;1-2-4-5-3-1;/h1-3H;1-5H;/q-1;-5;. The number of hydrogen-bond donors (Lipinski definition) is 0. The van der Waals surface area contributed by atoms with Crippen molar-refractivity contribution in [3.8, 4) is 0 Å². The first-order valence-electron chi connectivity index (χ1n) is 3.54. The van der Waals surface area contributed by atoms with Crippen molar-refractivity contribution in [3.05, 3.63) is 57.5 Å². The van der Waals surface area contributed by atoms with Gasteiger partial charge in [-0.2, -0.15) is 12.1 Å².